The van der Waals surface area contributed by atoms with E-state index in [1.54, 1.807) is 79.1 Å². The number of nitrogens with zero attached hydrogens (tertiary/aromatic N) is 2. The van der Waals surface area contributed by atoms with Gasteiger partial charge in [0.1, 0.15) is 17.5 Å². The van der Waals surface area contributed by atoms with Crippen LogP contribution < -0.4 is 10.1 Å². The fraction of sp³-hybridized carbons (Fsp3) is 0.182. The molecule has 1 saturated heterocycles. The lowest BCUT2D eigenvalue weighted by molar-refractivity contribution is -0.119. The van der Waals surface area contributed by atoms with Crippen molar-refractivity contribution < 1.29 is 17.9 Å². The molecule has 7 nitrogen and oxygen atoms in total. The van der Waals surface area contributed by atoms with Crippen molar-refractivity contribution in [3.05, 3.63) is 79.1 Å². The number of rotatable bonds is 6. The lowest BCUT2D eigenvalue weighted by Crippen LogP contribution is -2.43. The van der Waals surface area contributed by atoms with Crippen LogP contribution in [0.5, 0.6) is 11.5 Å². The molecule has 0 aliphatic carbocycles. The van der Waals surface area contributed by atoms with Crippen molar-refractivity contribution in [1.29, 1.82) is 0 Å². The summed E-state index contributed by atoms with van der Waals surface area (Å²) < 4.78 is 32.9. The molecule has 30 heavy (non-hydrogen) atoms. The van der Waals surface area contributed by atoms with Gasteiger partial charge in [-0.1, -0.05) is 18.2 Å². The molecule has 1 unspecified atom stereocenters. The second-order valence-electron chi connectivity index (χ2n) is 6.89. The number of pyridine rings is 1. The Bertz CT molecular complexity index is 1100. The zero-order valence-corrected chi connectivity index (χ0v) is 17.0. The Morgan fingerprint density at radius 3 is 2.33 bits per heavy atom. The molecular formula is C22H21N3O4S. The number of hydrogen-bond donors (Lipinski definition) is 1. The molecule has 1 atom stereocenters. The summed E-state index contributed by atoms with van der Waals surface area (Å²) in [6.07, 6.45) is 4.41. The summed E-state index contributed by atoms with van der Waals surface area (Å²) in [6, 6.07) is 17.9. The van der Waals surface area contributed by atoms with Gasteiger partial charge in [-0.15, -0.1) is 0 Å². The number of nitrogens with one attached hydrogen (secondary N) is 1. The standard InChI is InChI=1S/C22H21N3O4S/c26-22(21-7-4-16-25(21)30(27,28)20-5-2-1-3-6-20)24-17-8-10-18(11-9-17)29-19-12-14-23-15-13-19/h1-3,5-6,8-15,21H,4,7,16H2,(H,24,26). The molecule has 8 heteroatoms. The van der Waals surface area contributed by atoms with Crippen molar-refractivity contribution in [3.8, 4) is 11.5 Å². The SMILES string of the molecule is O=C(Nc1ccc(Oc2ccncc2)cc1)C1CCCN1S(=O)(=O)c1ccccc1. The molecule has 2 aromatic carbocycles. The first-order valence-corrected chi connectivity index (χ1v) is 11.0. The van der Waals surface area contributed by atoms with Crippen LogP contribution in [0.25, 0.3) is 0 Å². The van der Waals surface area contributed by atoms with Crippen molar-refractivity contribution in [2.75, 3.05) is 11.9 Å². The minimum absolute atomic E-state index is 0.197. The molecule has 154 valence electrons. The minimum Gasteiger partial charge on any atom is -0.457 e. The first-order chi connectivity index (χ1) is 14.5. The Labute approximate surface area is 175 Å². The zero-order chi connectivity index (χ0) is 21.0. The molecule has 0 saturated carbocycles. The average Bonchev–Trinajstić information content (AvgIpc) is 3.28. The van der Waals surface area contributed by atoms with Gasteiger partial charge in [-0.2, -0.15) is 4.31 Å². The topological polar surface area (TPSA) is 88.6 Å². The number of amides is 1. The molecule has 1 aromatic heterocycles. The van der Waals surface area contributed by atoms with Crippen molar-refractivity contribution >= 4 is 21.6 Å². The highest BCUT2D eigenvalue weighted by atomic mass is 32.2. The third-order valence-electron chi connectivity index (χ3n) is 4.86. The van der Waals surface area contributed by atoms with Gasteiger partial charge in [0.2, 0.25) is 15.9 Å². The molecule has 1 aliphatic heterocycles. The van der Waals surface area contributed by atoms with E-state index in [1.807, 2.05) is 0 Å². The number of ether oxygens (including phenoxy) is 1. The van der Waals surface area contributed by atoms with Crippen molar-refractivity contribution in [2.45, 2.75) is 23.8 Å². The highest BCUT2D eigenvalue weighted by molar-refractivity contribution is 7.89. The molecule has 1 N–H and O–H groups in total. The molecular weight excluding hydrogens is 402 g/mol. The molecule has 0 bridgehead atoms. The Kier molecular flexibility index (Phi) is 5.78. The zero-order valence-electron chi connectivity index (χ0n) is 16.1. The van der Waals surface area contributed by atoms with Crippen molar-refractivity contribution in [1.82, 2.24) is 9.29 Å². The van der Waals surface area contributed by atoms with E-state index >= 15 is 0 Å². The molecule has 4 rings (SSSR count). The maximum Gasteiger partial charge on any atom is 0.243 e. The largest absolute Gasteiger partial charge is 0.457 e. The predicted molar refractivity (Wildman–Crippen MR) is 113 cm³/mol. The van der Waals surface area contributed by atoms with Gasteiger partial charge in [-0.3, -0.25) is 9.78 Å². The number of aromatic nitrogens is 1. The maximum absolute atomic E-state index is 12.9. The van der Waals surface area contributed by atoms with Gasteiger partial charge in [0.15, 0.2) is 0 Å². The first-order valence-electron chi connectivity index (χ1n) is 9.60. The summed E-state index contributed by atoms with van der Waals surface area (Å²) in [5.41, 5.74) is 0.575. The van der Waals surface area contributed by atoms with Crippen LogP contribution in [0.2, 0.25) is 0 Å². The van der Waals surface area contributed by atoms with Gasteiger partial charge < -0.3 is 10.1 Å². The monoisotopic (exact) mass is 423 g/mol. The fourth-order valence-electron chi connectivity index (χ4n) is 3.39. The molecule has 0 radical (unpaired) electrons. The Morgan fingerprint density at radius 2 is 1.63 bits per heavy atom. The van der Waals surface area contributed by atoms with E-state index in [0.29, 0.717) is 36.6 Å². The lowest BCUT2D eigenvalue weighted by atomic mass is 10.2. The summed E-state index contributed by atoms with van der Waals surface area (Å²) in [5, 5.41) is 2.82. The van der Waals surface area contributed by atoms with E-state index in [1.165, 1.54) is 4.31 Å². The third-order valence-corrected chi connectivity index (χ3v) is 6.79. The van der Waals surface area contributed by atoms with E-state index in [2.05, 4.69) is 10.3 Å². The quantitative estimate of drug-likeness (QED) is 0.654. The smallest absolute Gasteiger partial charge is 0.243 e. The van der Waals surface area contributed by atoms with Crippen molar-refractivity contribution in [2.24, 2.45) is 0 Å². The van der Waals surface area contributed by atoms with Gasteiger partial charge in [-0.05, 0) is 61.4 Å². The van der Waals surface area contributed by atoms with Gasteiger partial charge in [0.05, 0.1) is 4.90 Å². The van der Waals surface area contributed by atoms with Crippen LogP contribution in [0, 0.1) is 0 Å². The van der Waals surface area contributed by atoms with Gasteiger partial charge >= 0.3 is 0 Å². The van der Waals surface area contributed by atoms with Crippen LogP contribution in [0.3, 0.4) is 0 Å². The van der Waals surface area contributed by atoms with E-state index in [0.717, 1.165) is 0 Å². The molecule has 1 aliphatic rings. The Balaban J connectivity index is 1.44. The predicted octanol–water partition coefficient (Wildman–Crippen LogP) is 3.67. The number of anilines is 1. The van der Waals surface area contributed by atoms with Crippen LogP contribution in [0.4, 0.5) is 5.69 Å². The molecule has 1 amide bonds. The first kappa shape index (κ1) is 20.1. The van der Waals surface area contributed by atoms with Crippen LogP contribution in [-0.4, -0.2) is 36.2 Å². The molecule has 1 fully saturated rings. The molecule has 2 heterocycles. The Morgan fingerprint density at radius 1 is 0.967 bits per heavy atom. The number of benzene rings is 2. The lowest BCUT2D eigenvalue weighted by Gasteiger charge is -2.23. The summed E-state index contributed by atoms with van der Waals surface area (Å²) in [7, 11) is -3.72. The normalized spacial score (nSPS) is 16.9. The van der Waals surface area contributed by atoms with Crippen LogP contribution >= 0.6 is 0 Å². The Hall–Kier alpha value is -3.23. The second kappa shape index (κ2) is 8.64. The van der Waals surface area contributed by atoms with Gasteiger partial charge in [-0.25, -0.2) is 8.42 Å². The van der Waals surface area contributed by atoms with E-state index < -0.39 is 16.1 Å². The molecule has 0 spiro atoms. The number of carbonyl (C=O) groups is 1. The maximum atomic E-state index is 12.9. The minimum atomic E-state index is -3.72. The third kappa shape index (κ3) is 4.34. The number of carbonyl (C=O) groups excluding carboxylic acids is 1. The summed E-state index contributed by atoms with van der Waals surface area (Å²) in [4.78, 5) is 17.0. The fourth-order valence-corrected chi connectivity index (χ4v) is 5.07. The van der Waals surface area contributed by atoms with Crippen LogP contribution in [0.15, 0.2) is 84.0 Å². The number of sulfonamides is 1. The van der Waals surface area contributed by atoms with Crippen molar-refractivity contribution in [3.63, 3.8) is 0 Å². The second-order valence-corrected chi connectivity index (χ2v) is 8.78. The summed E-state index contributed by atoms with van der Waals surface area (Å²) >= 11 is 0. The highest BCUT2D eigenvalue weighted by Gasteiger charge is 2.39. The van der Waals surface area contributed by atoms with E-state index in [-0.39, 0.29) is 10.8 Å². The summed E-state index contributed by atoms with van der Waals surface area (Å²) in [5.74, 6) is 0.942. The van der Waals surface area contributed by atoms with Crippen LogP contribution in [0.1, 0.15) is 12.8 Å². The number of hydrogen-bond acceptors (Lipinski definition) is 5. The highest BCUT2D eigenvalue weighted by Crippen LogP contribution is 2.27. The van der Waals surface area contributed by atoms with E-state index in [4.69, 9.17) is 4.74 Å². The van der Waals surface area contributed by atoms with Gasteiger partial charge in [0, 0.05) is 24.6 Å². The molecule has 3 aromatic rings. The van der Waals surface area contributed by atoms with E-state index in [9.17, 15) is 13.2 Å². The average molecular weight is 423 g/mol. The van der Waals surface area contributed by atoms with Crippen LogP contribution in [-0.2, 0) is 14.8 Å². The van der Waals surface area contributed by atoms with Gasteiger partial charge in [0.25, 0.3) is 0 Å². The summed E-state index contributed by atoms with van der Waals surface area (Å²) in [6.45, 7) is 0.327.